The zero-order valence-corrected chi connectivity index (χ0v) is 31.8. The Morgan fingerprint density at radius 1 is 0.328 bits per heavy atom. The van der Waals surface area contributed by atoms with E-state index < -0.39 is 0 Å². The minimum atomic E-state index is 1.09. The molecule has 272 valence electrons. The number of benzene rings is 10. The highest BCUT2D eigenvalue weighted by atomic mass is 15.2. The van der Waals surface area contributed by atoms with E-state index in [1.165, 1.54) is 71.2 Å². The van der Waals surface area contributed by atoms with E-state index >= 15 is 0 Å². The van der Waals surface area contributed by atoms with Crippen LogP contribution in [0.3, 0.4) is 0 Å². The second kappa shape index (κ2) is 14.1. The lowest BCUT2D eigenvalue weighted by Crippen LogP contribution is -2.12. The van der Waals surface area contributed by atoms with E-state index in [2.05, 4.69) is 240 Å². The van der Waals surface area contributed by atoms with Crippen LogP contribution in [0.1, 0.15) is 0 Å². The fraction of sp³-hybridized carbons (Fsp3) is 0. The summed E-state index contributed by atoms with van der Waals surface area (Å²) in [4.78, 5) is 2.48. The molecule has 0 fully saturated rings. The molecule has 58 heavy (non-hydrogen) atoms. The first-order chi connectivity index (χ1) is 28.8. The molecule has 0 amide bonds. The van der Waals surface area contributed by atoms with E-state index in [-0.39, 0.29) is 0 Å². The average molecular weight is 739 g/mol. The van der Waals surface area contributed by atoms with E-state index in [4.69, 9.17) is 0 Å². The van der Waals surface area contributed by atoms with Gasteiger partial charge in [0.2, 0.25) is 0 Å². The summed E-state index contributed by atoms with van der Waals surface area (Å²) >= 11 is 0. The fourth-order valence-electron chi connectivity index (χ4n) is 8.93. The Bertz CT molecular complexity index is 3290. The van der Waals surface area contributed by atoms with Crippen LogP contribution in [0.25, 0.3) is 82.4 Å². The number of fused-ring (bicyclic) bond motifs is 5. The molecule has 10 aromatic carbocycles. The highest BCUT2D eigenvalue weighted by Gasteiger charge is 2.25. The summed E-state index contributed by atoms with van der Waals surface area (Å²) in [5.41, 5.74) is 13.9. The Morgan fingerprint density at radius 2 is 0.879 bits per heavy atom. The lowest BCUT2D eigenvalue weighted by atomic mass is 9.90. The van der Waals surface area contributed by atoms with Gasteiger partial charge in [-0.1, -0.05) is 176 Å². The summed E-state index contributed by atoms with van der Waals surface area (Å²) in [5, 5.41) is 7.30. The molecule has 0 aliphatic rings. The first-order valence-electron chi connectivity index (χ1n) is 19.9. The lowest BCUT2D eigenvalue weighted by Gasteiger charge is -2.30. The van der Waals surface area contributed by atoms with Crippen LogP contribution in [0.15, 0.2) is 231 Å². The van der Waals surface area contributed by atoms with Crippen LogP contribution in [-0.2, 0) is 0 Å². The van der Waals surface area contributed by atoms with Crippen LogP contribution in [0, 0.1) is 0 Å². The zero-order chi connectivity index (χ0) is 38.4. The van der Waals surface area contributed by atoms with E-state index in [0.29, 0.717) is 0 Å². The van der Waals surface area contributed by atoms with Crippen LogP contribution in [0.2, 0.25) is 0 Å². The van der Waals surface area contributed by atoms with E-state index in [1.807, 2.05) is 0 Å². The number of para-hydroxylation sites is 3. The minimum Gasteiger partial charge on any atom is -0.309 e. The van der Waals surface area contributed by atoms with Gasteiger partial charge in [0, 0.05) is 27.6 Å². The normalized spacial score (nSPS) is 11.4. The maximum Gasteiger partial charge on any atom is 0.0562 e. The Labute approximate surface area is 338 Å². The molecule has 0 aliphatic carbocycles. The third-order valence-electron chi connectivity index (χ3n) is 11.5. The molecule has 0 N–H and O–H groups in total. The van der Waals surface area contributed by atoms with E-state index in [0.717, 1.165) is 28.3 Å². The van der Waals surface area contributed by atoms with Gasteiger partial charge in [-0.3, -0.25) is 0 Å². The lowest BCUT2D eigenvalue weighted by molar-refractivity contribution is 1.18. The SMILES string of the molecule is c1ccc(-c2ccccc2-n2c3ccccc3c3c(N(c4ccccc4)c4cccc(-c5ccc6ccccc6c5)c4-c4ccc5ccccc5c4)cccc32)cc1. The summed E-state index contributed by atoms with van der Waals surface area (Å²) in [7, 11) is 0. The Hall–Kier alpha value is -7.68. The van der Waals surface area contributed by atoms with Crippen molar-refractivity contribution in [3.05, 3.63) is 231 Å². The molecule has 0 unspecified atom stereocenters. The topological polar surface area (TPSA) is 8.17 Å². The molecule has 2 heteroatoms. The maximum atomic E-state index is 2.48. The summed E-state index contributed by atoms with van der Waals surface area (Å²) < 4.78 is 2.45. The molecule has 0 bridgehead atoms. The monoisotopic (exact) mass is 738 g/mol. The van der Waals surface area contributed by atoms with Crippen molar-refractivity contribution in [2.75, 3.05) is 4.90 Å². The summed E-state index contributed by atoms with van der Waals surface area (Å²) in [6.45, 7) is 0. The summed E-state index contributed by atoms with van der Waals surface area (Å²) in [6, 6.07) is 83.9. The van der Waals surface area contributed by atoms with E-state index in [1.54, 1.807) is 0 Å². The maximum absolute atomic E-state index is 2.48. The highest BCUT2D eigenvalue weighted by molar-refractivity contribution is 6.17. The van der Waals surface area contributed by atoms with Gasteiger partial charge >= 0.3 is 0 Å². The Balaban J connectivity index is 1.23. The van der Waals surface area contributed by atoms with Crippen molar-refractivity contribution in [2.45, 2.75) is 0 Å². The summed E-state index contributed by atoms with van der Waals surface area (Å²) in [6.07, 6.45) is 0. The molecule has 0 saturated heterocycles. The van der Waals surface area contributed by atoms with Crippen molar-refractivity contribution >= 4 is 60.4 Å². The van der Waals surface area contributed by atoms with Crippen molar-refractivity contribution in [3.63, 3.8) is 0 Å². The number of hydrogen-bond acceptors (Lipinski definition) is 1. The Kier molecular flexibility index (Phi) is 8.19. The third-order valence-corrected chi connectivity index (χ3v) is 11.5. The number of nitrogens with zero attached hydrogens (tertiary/aromatic N) is 2. The molecule has 0 aliphatic heterocycles. The summed E-state index contributed by atoms with van der Waals surface area (Å²) in [5.74, 6) is 0. The van der Waals surface area contributed by atoms with Crippen LogP contribution >= 0.6 is 0 Å². The molecule has 0 radical (unpaired) electrons. The van der Waals surface area contributed by atoms with Crippen molar-refractivity contribution in [3.8, 4) is 39.1 Å². The zero-order valence-electron chi connectivity index (χ0n) is 31.8. The van der Waals surface area contributed by atoms with Gasteiger partial charge in [0.1, 0.15) is 0 Å². The molecular formula is C56H38N2. The molecule has 2 nitrogen and oxygen atoms in total. The van der Waals surface area contributed by atoms with E-state index in [9.17, 15) is 0 Å². The molecule has 11 rings (SSSR count). The van der Waals surface area contributed by atoms with Crippen molar-refractivity contribution in [1.82, 2.24) is 4.57 Å². The molecular weight excluding hydrogens is 701 g/mol. The predicted octanol–water partition coefficient (Wildman–Crippen LogP) is 15.6. The standard InChI is InChI=1S/C56H38N2/c1-3-19-41(20-4-1)47-25-11-13-28-50(47)58-51-29-14-12-26-49(51)56-53(31-16-32-54(56)58)57(46-23-5-2-6-24-46)52-30-15-27-48(44-35-33-39-17-7-9-21-42(39)37-44)55(52)45-36-34-40-18-8-10-22-43(40)38-45/h1-38H. The van der Waals surface area contributed by atoms with Gasteiger partial charge in [0.15, 0.2) is 0 Å². The van der Waals surface area contributed by atoms with Crippen LogP contribution < -0.4 is 4.90 Å². The van der Waals surface area contributed by atoms with Crippen LogP contribution in [0.5, 0.6) is 0 Å². The predicted molar refractivity (Wildman–Crippen MR) is 247 cm³/mol. The van der Waals surface area contributed by atoms with Crippen molar-refractivity contribution in [1.29, 1.82) is 0 Å². The third kappa shape index (κ3) is 5.66. The van der Waals surface area contributed by atoms with Gasteiger partial charge in [-0.2, -0.15) is 0 Å². The van der Waals surface area contributed by atoms with Crippen LogP contribution in [-0.4, -0.2) is 4.57 Å². The average Bonchev–Trinajstić information content (AvgIpc) is 3.64. The highest BCUT2D eigenvalue weighted by Crippen LogP contribution is 2.49. The second-order valence-electron chi connectivity index (χ2n) is 14.9. The second-order valence-corrected chi connectivity index (χ2v) is 14.9. The largest absolute Gasteiger partial charge is 0.309 e. The molecule has 0 saturated carbocycles. The molecule has 0 spiro atoms. The van der Waals surface area contributed by atoms with Crippen LogP contribution in [0.4, 0.5) is 17.1 Å². The number of hydrogen-bond donors (Lipinski definition) is 0. The molecule has 11 aromatic rings. The molecule has 1 heterocycles. The fourth-order valence-corrected chi connectivity index (χ4v) is 8.93. The number of aromatic nitrogens is 1. The smallest absolute Gasteiger partial charge is 0.0562 e. The van der Waals surface area contributed by atoms with Gasteiger partial charge in [-0.15, -0.1) is 0 Å². The van der Waals surface area contributed by atoms with Gasteiger partial charge in [-0.05, 0) is 98.4 Å². The van der Waals surface area contributed by atoms with Gasteiger partial charge in [0.25, 0.3) is 0 Å². The van der Waals surface area contributed by atoms with Gasteiger partial charge < -0.3 is 9.47 Å². The number of rotatable bonds is 7. The van der Waals surface area contributed by atoms with Crippen molar-refractivity contribution in [2.24, 2.45) is 0 Å². The first-order valence-corrected chi connectivity index (χ1v) is 19.9. The Morgan fingerprint density at radius 3 is 1.66 bits per heavy atom. The van der Waals surface area contributed by atoms with Gasteiger partial charge in [0.05, 0.1) is 28.1 Å². The molecule has 1 aromatic heterocycles. The van der Waals surface area contributed by atoms with Crippen molar-refractivity contribution < 1.29 is 0 Å². The first kappa shape index (κ1) is 33.6. The van der Waals surface area contributed by atoms with Gasteiger partial charge in [-0.25, -0.2) is 0 Å². The number of anilines is 3. The quantitative estimate of drug-likeness (QED) is 0.158. The minimum absolute atomic E-state index is 1.09. The molecule has 0 atom stereocenters.